The lowest BCUT2D eigenvalue weighted by molar-refractivity contribution is -0.173. The first kappa shape index (κ1) is 18.3. The molecule has 5 rings (SSSR count). The number of hydrogen-bond acceptors (Lipinski definition) is 6. The third kappa shape index (κ3) is 2.26. The molecular weight excluding hydrogens is 360 g/mol. The molecule has 0 N–H and O–H groups in total. The van der Waals surface area contributed by atoms with Crippen LogP contribution < -0.4 is 0 Å². The van der Waals surface area contributed by atoms with Crippen LogP contribution in [0.25, 0.3) is 0 Å². The maximum absolute atomic E-state index is 13.0. The SMILES string of the molecule is COC(=O)[C@@H]1[C@H](C(=O)OC)[C@H]2[C@H](C[C@H]3CCC(=O)[C@H]32)[C@@H]2C[C@H]3CCC(=O)[C@@H]3[C@@H]21. The maximum atomic E-state index is 13.0. The maximum Gasteiger partial charge on any atom is 0.309 e. The van der Waals surface area contributed by atoms with Gasteiger partial charge in [0, 0.05) is 24.7 Å². The number of esters is 2. The Morgan fingerprint density at radius 2 is 1.14 bits per heavy atom. The zero-order valence-electron chi connectivity index (χ0n) is 16.5. The van der Waals surface area contributed by atoms with Crippen LogP contribution in [0.3, 0.4) is 0 Å². The minimum absolute atomic E-state index is 0.140. The van der Waals surface area contributed by atoms with E-state index in [1.807, 2.05) is 0 Å². The smallest absolute Gasteiger partial charge is 0.309 e. The summed E-state index contributed by atoms with van der Waals surface area (Å²) in [6.45, 7) is 0. The highest BCUT2D eigenvalue weighted by atomic mass is 16.5. The first-order chi connectivity index (χ1) is 13.5. The molecule has 0 aromatic carbocycles. The van der Waals surface area contributed by atoms with Crippen LogP contribution in [0.5, 0.6) is 0 Å². The summed E-state index contributed by atoms with van der Waals surface area (Å²) in [5.41, 5.74) is 0. The largest absolute Gasteiger partial charge is 0.469 e. The van der Waals surface area contributed by atoms with Gasteiger partial charge in [0.25, 0.3) is 0 Å². The minimum atomic E-state index is -0.673. The highest BCUT2D eigenvalue weighted by molar-refractivity contribution is 5.89. The molecule has 0 unspecified atom stereocenters. The summed E-state index contributed by atoms with van der Waals surface area (Å²) in [4.78, 5) is 51.4. The predicted molar refractivity (Wildman–Crippen MR) is 96.6 cm³/mol. The van der Waals surface area contributed by atoms with Gasteiger partial charge in [0.1, 0.15) is 11.6 Å². The van der Waals surface area contributed by atoms with E-state index in [-0.39, 0.29) is 47.1 Å². The molecule has 28 heavy (non-hydrogen) atoms. The normalized spacial score (nSPS) is 48.6. The average Bonchev–Trinajstić information content (AvgIpc) is 3.42. The number of ketones is 2. The van der Waals surface area contributed by atoms with Gasteiger partial charge in [0.05, 0.1) is 26.1 Å². The van der Waals surface area contributed by atoms with Crippen molar-refractivity contribution in [2.75, 3.05) is 14.2 Å². The van der Waals surface area contributed by atoms with E-state index in [1.54, 1.807) is 0 Å². The van der Waals surface area contributed by atoms with Crippen molar-refractivity contribution in [1.29, 1.82) is 0 Å². The van der Waals surface area contributed by atoms with Crippen LogP contribution in [-0.2, 0) is 28.7 Å². The molecule has 0 heterocycles. The third-order valence-electron chi connectivity index (χ3n) is 8.96. The number of carbonyl (C=O) groups is 4. The number of rotatable bonds is 2. The van der Waals surface area contributed by atoms with Gasteiger partial charge in [-0.3, -0.25) is 19.2 Å². The van der Waals surface area contributed by atoms with Crippen molar-refractivity contribution in [1.82, 2.24) is 0 Å². The van der Waals surface area contributed by atoms with Gasteiger partial charge in [-0.25, -0.2) is 0 Å². The minimum Gasteiger partial charge on any atom is -0.469 e. The van der Waals surface area contributed by atoms with Crippen LogP contribution in [0.2, 0.25) is 0 Å². The van der Waals surface area contributed by atoms with E-state index in [1.165, 1.54) is 14.2 Å². The lowest BCUT2D eigenvalue weighted by atomic mass is 9.55. The molecule has 10 atom stereocenters. The molecule has 5 aliphatic carbocycles. The lowest BCUT2D eigenvalue weighted by Crippen LogP contribution is -2.53. The molecule has 5 fully saturated rings. The van der Waals surface area contributed by atoms with Gasteiger partial charge in [-0.05, 0) is 61.2 Å². The number of fused-ring (bicyclic) bond motifs is 7. The number of hydrogen-bond donors (Lipinski definition) is 0. The summed E-state index contributed by atoms with van der Waals surface area (Å²) in [5.74, 6) is -1.20. The summed E-state index contributed by atoms with van der Waals surface area (Å²) in [7, 11) is 2.69. The fraction of sp³-hybridized carbons (Fsp3) is 0.818. The van der Waals surface area contributed by atoms with Crippen molar-refractivity contribution in [3.05, 3.63) is 0 Å². The van der Waals surface area contributed by atoms with Gasteiger partial charge in [0.15, 0.2) is 0 Å². The van der Waals surface area contributed by atoms with Gasteiger partial charge >= 0.3 is 11.9 Å². The summed E-state index contributed by atoms with van der Waals surface area (Å²) >= 11 is 0. The van der Waals surface area contributed by atoms with Crippen LogP contribution >= 0.6 is 0 Å². The van der Waals surface area contributed by atoms with E-state index in [0.717, 1.165) is 25.7 Å². The van der Waals surface area contributed by atoms with Crippen LogP contribution in [0.15, 0.2) is 0 Å². The standard InChI is InChI=1S/C22H28O6/c1-27-21(25)19-17-11(7-9-3-5-13(23)15(9)17)12-8-10-4-6-14(24)16(10)18(12)20(19)22(26)28-2/h9-12,15-20H,3-8H2,1-2H3/t9-,10-,11-,12+,15+,16-,17+,18-,19-,20+/m1/s1. The van der Waals surface area contributed by atoms with Crippen LogP contribution in [0, 0.1) is 59.2 Å². The lowest BCUT2D eigenvalue weighted by Gasteiger charge is -2.47. The molecule has 0 aromatic heterocycles. The topological polar surface area (TPSA) is 86.7 Å². The molecule has 0 bridgehead atoms. The van der Waals surface area contributed by atoms with Gasteiger partial charge in [0.2, 0.25) is 0 Å². The van der Waals surface area contributed by atoms with Crippen LogP contribution in [0.4, 0.5) is 0 Å². The van der Waals surface area contributed by atoms with E-state index in [2.05, 4.69) is 0 Å². The molecule has 0 aliphatic heterocycles. The Kier molecular flexibility index (Phi) is 4.18. The molecule has 0 amide bonds. The van der Waals surface area contributed by atoms with E-state index in [4.69, 9.17) is 9.47 Å². The molecule has 0 spiro atoms. The number of methoxy groups -OCH3 is 2. The fourth-order valence-electron chi connectivity index (χ4n) is 8.26. The molecule has 6 nitrogen and oxygen atoms in total. The van der Waals surface area contributed by atoms with Crippen LogP contribution in [-0.4, -0.2) is 37.7 Å². The van der Waals surface area contributed by atoms with Crippen molar-refractivity contribution in [3.8, 4) is 0 Å². The first-order valence-corrected chi connectivity index (χ1v) is 10.7. The van der Waals surface area contributed by atoms with Crippen molar-refractivity contribution in [2.24, 2.45) is 59.2 Å². The van der Waals surface area contributed by atoms with E-state index in [9.17, 15) is 19.2 Å². The first-order valence-electron chi connectivity index (χ1n) is 10.7. The third-order valence-corrected chi connectivity index (χ3v) is 8.96. The zero-order chi connectivity index (χ0) is 19.7. The highest BCUT2D eigenvalue weighted by Gasteiger charge is 2.68. The van der Waals surface area contributed by atoms with Crippen molar-refractivity contribution in [2.45, 2.75) is 38.5 Å². The summed E-state index contributed by atoms with van der Waals surface area (Å²) in [5, 5.41) is 0. The predicted octanol–water partition coefficient (Wildman–Crippen LogP) is 2.04. The van der Waals surface area contributed by atoms with Crippen molar-refractivity contribution in [3.63, 3.8) is 0 Å². The molecule has 152 valence electrons. The number of carbonyl (C=O) groups excluding carboxylic acids is 4. The monoisotopic (exact) mass is 388 g/mol. The van der Waals surface area contributed by atoms with Gasteiger partial charge < -0.3 is 9.47 Å². The zero-order valence-corrected chi connectivity index (χ0v) is 16.5. The average molecular weight is 388 g/mol. The Balaban J connectivity index is 1.63. The van der Waals surface area contributed by atoms with Crippen LogP contribution in [0.1, 0.15) is 38.5 Å². The van der Waals surface area contributed by atoms with Gasteiger partial charge in [-0.1, -0.05) is 0 Å². The molecule has 5 aliphatic rings. The van der Waals surface area contributed by atoms with E-state index < -0.39 is 23.8 Å². The summed E-state index contributed by atoms with van der Waals surface area (Å²) < 4.78 is 10.3. The molecule has 0 radical (unpaired) electrons. The molecular formula is C22H28O6. The second kappa shape index (κ2) is 6.39. The Bertz CT molecular complexity index is 681. The molecule has 0 aromatic rings. The van der Waals surface area contributed by atoms with Crippen molar-refractivity contribution >= 4 is 23.5 Å². The number of ether oxygens (including phenoxy) is 2. The Morgan fingerprint density at radius 1 is 0.750 bits per heavy atom. The molecule has 6 heteroatoms. The Hall–Kier alpha value is -1.72. The fourth-order valence-corrected chi connectivity index (χ4v) is 8.26. The Labute approximate surface area is 164 Å². The second-order valence-electron chi connectivity index (χ2n) is 9.63. The summed E-state index contributed by atoms with van der Waals surface area (Å²) in [6, 6.07) is 0. The highest BCUT2D eigenvalue weighted by Crippen LogP contribution is 2.67. The Morgan fingerprint density at radius 3 is 1.50 bits per heavy atom. The van der Waals surface area contributed by atoms with E-state index >= 15 is 0 Å². The van der Waals surface area contributed by atoms with Crippen molar-refractivity contribution < 1.29 is 28.7 Å². The van der Waals surface area contributed by atoms with Gasteiger partial charge in [-0.2, -0.15) is 0 Å². The van der Waals surface area contributed by atoms with Gasteiger partial charge in [-0.15, -0.1) is 0 Å². The second-order valence-corrected chi connectivity index (χ2v) is 9.63. The number of Topliss-reactive ketones (excluding diaryl/α,β-unsaturated/α-hetero) is 2. The van der Waals surface area contributed by atoms with E-state index in [0.29, 0.717) is 24.7 Å². The quantitative estimate of drug-likeness (QED) is 0.673. The summed E-state index contributed by atoms with van der Waals surface area (Å²) in [6.07, 6.45) is 4.81. The molecule has 5 saturated carbocycles. The molecule has 0 saturated heterocycles.